The highest BCUT2D eigenvalue weighted by atomic mass is 15.4. The van der Waals surface area contributed by atoms with E-state index in [4.69, 9.17) is 0 Å². The van der Waals surface area contributed by atoms with Crippen molar-refractivity contribution in [3.8, 4) is 22.3 Å². The SMILES string of the molecule is CC12C=C(c3ccc4c(c3)c3cc(-c5ccccc5)ccc3n4N/C(=C\C(=N)c3ccccc3)c3ccccc3)C=CC1N(c1ccc(N(c3ccccc3)c3ccccc3)cc1)c1ccc(-c3ccccc3)cc12. The quantitative estimate of drug-likeness (QED) is 0.120. The van der Waals surface area contributed by atoms with E-state index in [2.05, 4.69) is 257 Å². The highest BCUT2D eigenvalue weighted by Gasteiger charge is 2.47. The largest absolute Gasteiger partial charge is 0.333 e. The molecule has 13 rings (SSSR count). The van der Waals surface area contributed by atoms with E-state index in [1.54, 1.807) is 0 Å². The number of aromatic nitrogens is 1. The molecule has 11 aromatic rings. The van der Waals surface area contributed by atoms with E-state index < -0.39 is 0 Å². The minimum atomic E-state index is -0.382. The van der Waals surface area contributed by atoms with Gasteiger partial charge in [0.05, 0.1) is 28.5 Å². The summed E-state index contributed by atoms with van der Waals surface area (Å²) in [6.45, 7) is 2.42. The Kier molecular flexibility index (Phi) is 11.5. The Morgan fingerprint density at radius 3 is 1.56 bits per heavy atom. The van der Waals surface area contributed by atoms with Crippen molar-refractivity contribution in [2.45, 2.75) is 18.4 Å². The minimum Gasteiger partial charge on any atom is -0.333 e. The number of hydrogen-bond acceptors (Lipinski definition) is 4. The molecule has 0 saturated carbocycles. The zero-order valence-corrected chi connectivity index (χ0v) is 41.6. The van der Waals surface area contributed by atoms with Gasteiger partial charge in [-0.1, -0.05) is 194 Å². The van der Waals surface area contributed by atoms with Crippen molar-refractivity contribution < 1.29 is 0 Å². The Labute approximate surface area is 438 Å². The Balaban J connectivity index is 0.926. The monoisotopic (exact) mass is 963 g/mol. The second kappa shape index (κ2) is 19.0. The Morgan fingerprint density at radius 2 is 0.973 bits per heavy atom. The second-order valence-electron chi connectivity index (χ2n) is 19.7. The maximum atomic E-state index is 9.20. The number of nitrogens with one attached hydrogen (secondary N) is 2. The van der Waals surface area contributed by atoms with Crippen molar-refractivity contribution >= 4 is 67.2 Å². The van der Waals surface area contributed by atoms with Crippen LogP contribution in [-0.4, -0.2) is 16.4 Å². The van der Waals surface area contributed by atoms with Gasteiger partial charge in [0.15, 0.2) is 0 Å². The molecule has 2 N–H and O–H groups in total. The molecule has 2 aliphatic rings. The molecule has 0 spiro atoms. The third-order valence-corrected chi connectivity index (χ3v) is 15.1. The summed E-state index contributed by atoms with van der Waals surface area (Å²) in [5.74, 6) is 0. The molecule has 0 amide bonds. The standard InChI is InChI=1S/C70H53N5/c1-70-48-56(35-43-69(70)74(68-42-34-55(46-63(68)70)50-22-10-3-11-23-50)60-38-36-59(37-39-60)73(57-28-16-6-17-29-57)58-30-18-7-19-31-58)54-33-41-67-62(45-54)61-44-53(49-20-8-2-9-21-49)32-40-66(61)75(67)72-65(52-26-14-5-15-27-52)47-64(71)51-24-12-4-13-25-51/h2-48,69,71-72H,1H3/b65-47-,71-64?. The van der Waals surface area contributed by atoms with Gasteiger partial charge in [0.2, 0.25) is 0 Å². The van der Waals surface area contributed by atoms with Crippen molar-refractivity contribution in [3.63, 3.8) is 0 Å². The summed E-state index contributed by atoms with van der Waals surface area (Å²) in [6, 6.07) is 92.6. The molecule has 0 saturated heterocycles. The van der Waals surface area contributed by atoms with E-state index in [0.29, 0.717) is 5.71 Å². The number of anilines is 5. The van der Waals surface area contributed by atoms with Gasteiger partial charge in [-0.05, 0) is 148 Å². The number of nitrogens with zero attached hydrogens (tertiary/aromatic N) is 3. The van der Waals surface area contributed by atoms with E-state index in [-0.39, 0.29) is 11.5 Å². The summed E-state index contributed by atoms with van der Waals surface area (Å²) < 4.78 is 2.20. The molecule has 5 nitrogen and oxygen atoms in total. The third kappa shape index (κ3) is 8.31. The van der Waals surface area contributed by atoms with Crippen LogP contribution in [0.3, 0.4) is 0 Å². The number of para-hydroxylation sites is 2. The molecular formula is C70H53N5. The van der Waals surface area contributed by atoms with Crippen LogP contribution in [0.15, 0.2) is 285 Å². The third-order valence-electron chi connectivity index (χ3n) is 15.1. The molecule has 5 heteroatoms. The van der Waals surface area contributed by atoms with E-state index in [0.717, 1.165) is 72.5 Å². The highest BCUT2D eigenvalue weighted by molar-refractivity contribution is 6.13. The maximum Gasteiger partial charge on any atom is 0.0710 e. The normalized spacial score (nSPS) is 15.9. The van der Waals surface area contributed by atoms with Gasteiger partial charge in [0, 0.05) is 44.6 Å². The molecule has 2 atom stereocenters. The van der Waals surface area contributed by atoms with Gasteiger partial charge in [-0.25, -0.2) is 0 Å². The predicted octanol–water partition coefficient (Wildman–Crippen LogP) is 17.7. The van der Waals surface area contributed by atoms with E-state index in [9.17, 15) is 5.41 Å². The van der Waals surface area contributed by atoms with E-state index >= 15 is 0 Å². The number of hydrogen-bond donors (Lipinski definition) is 2. The summed E-state index contributed by atoms with van der Waals surface area (Å²) in [7, 11) is 0. The smallest absolute Gasteiger partial charge is 0.0710 e. The molecule has 1 aliphatic carbocycles. The van der Waals surface area contributed by atoms with Crippen LogP contribution in [0.1, 0.15) is 29.2 Å². The van der Waals surface area contributed by atoms with Crippen LogP contribution >= 0.6 is 0 Å². The van der Waals surface area contributed by atoms with E-state index in [1.165, 1.54) is 33.5 Å². The zero-order valence-electron chi connectivity index (χ0n) is 41.6. The lowest BCUT2D eigenvalue weighted by atomic mass is 9.73. The average Bonchev–Trinajstić information content (AvgIpc) is 3.94. The molecule has 0 bridgehead atoms. The topological polar surface area (TPSA) is 47.3 Å². The summed E-state index contributed by atoms with van der Waals surface area (Å²) in [4.78, 5) is 4.85. The summed E-state index contributed by atoms with van der Waals surface area (Å²) in [6.07, 6.45) is 9.22. The first kappa shape index (κ1) is 45.2. The lowest BCUT2D eigenvalue weighted by molar-refractivity contribution is 0.553. The lowest BCUT2D eigenvalue weighted by Gasteiger charge is -2.36. The molecule has 1 aromatic heterocycles. The lowest BCUT2D eigenvalue weighted by Crippen LogP contribution is -2.39. The van der Waals surface area contributed by atoms with Crippen LogP contribution in [0.2, 0.25) is 0 Å². The number of rotatable bonds is 12. The zero-order chi connectivity index (χ0) is 50.3. The first-order chi connectivity index (χ1) is 37.0. The molecule has 2 unspecified atom stereocenters. The molecule has 0 radical (unpaired) electrons. The summed E-state index contributed by atoms with van der Waals surface area (Å²) >= 11 is 0. The van der Waals surface area contributed by atoms with Crippen LogP contribution in [0.5, 0.6) is 0 Å². The Hall–Kier alpha value is -9.71. The van der Waals surface area contributed by atoms with Gasteiger partial charge >= 0.3 is 0 Å². The van der Waals surface area contributed by atoms with Crippen LogP contribution in [-0.2, 0) is 5.41 Å². The van der Waals surface area contributed by atoms with Crippen LogP contribution in [0.25, 0.3) is 55.3 Å². The molecule has 75 heavy (non-hydrogen) atoms. The van der Waals surface area contributed by atoms with Crippen LogP contribution in [0, 0.1) is 5.41 Å². The first-order valence-electron chi connectivity index (χ1n) is 25.7. The first-order valence-corrected chi connectivity index (χ1v) is 25.7. The van der Waals surface area contributed by atoms with Gasteiger partial charge in [-0.2, -0.15) is 0 Å². The Morgan fingerprint density at radius 1 is 0.493 bits per heavy atom. The van der Waals surface area contributed by atoms with Crippen LogP contribution in [0.4, 0.5) is 28.4 Å². The van der Waals surface area contributed by atoms with Gasteiger partial charge in [0.1, 0.15) is 0 Å². The van der Waals surface area contributed by atoms with Gasteiger partial charge in [0.25, 0.3) is 0 Å². The van der Waals surface area contributed by atoms with Crippen molar-refractivity contribution in [1.82, 2.24) is 4.68 Å². The molecule has 10 aromatic carbocycles. The van der Waals surface area contributed by atoms with Crippen LogP contribution < -0.4 is 15.2 Å². The fourth-order valence-corrected chi connectivity index (χ4v) is 11.3. The van der Waals surface area contributed by atoms with E-state index in [1.807, 2.05) is 54.6 Å². The fraction of sp³-hybridized carbons (Fsp3) is 0.0429. The molecule has 1 aliphatic heterocycles. The maximum absolute atomic E-state index is 9.20. The second-order valence-corrected chi connectivity index (χ2v) is 19.7. The minimum absolute atomic E-state index is 0.0218. The van der Waals surface area contributed by atoms with Crippen molar-refractivity contribution in [2.75, 3.05) is 15.2 Å². The van der Waals surface area contributed by atoms with Crippen molar-refractivity contribution in [1.29, 1.82) is 5.41 Å². The number of fused-ring (bicyclic) bond motifs is 6. The fourth-order valence-electron chi connectivity index (χ4n) is 11.3. The molecular weight excluding hydrogens is 911 g/mol. The summed E-state index contributed by atoms with van der Waals surface area (Å²) in [5, 5.41) is 11.5. The predicted molar refractivity (Wildman–Crippen MR) is 315 cm³/mol. The number of allylic oxidation sites excluding steroid dienone is 3. The van der Waals surface area contributed by atoms with Gasteiger partial charge in [-0.3, -0.25) is 10.1 Å². The molecule has 2 heterocycles. The van der Waals surface area contributed by atoms with Crippen molar-refractivity contribution in [3.05, 3.63) is 307 Å². The molecule has 0 fully saturated rings. The Bertz CT molecular complexity index is 3940. The number of benzene rings is 10. The molecule has 358 valence electrons. The average molecular weight is 964 g/mol. The van der Waals surface area contributed by atoms with Gasteiger partial charge < -0.3 is 15.2 Å². The highest BCUT2D eigenvalue weighted by Crippen LogP contribution is 2.54. The van der Waals surface area contributed by atoms with Gasteiger partial charge in [-0.15, -0.1) is 0 Å². The summed E-state index contributed by atoms with van der Waals surface area (Å²) in [5.41, 5.74) is 22.7. The van der Waals surface area contributed by atoms with Crippen molar-refractivity contribution in [2.24, 2.45) is 0 Å².